The lowest BCUT2D eigenvalue weighted by Gasteiger charge is -2.17. The minimum Gasteiger partial charge on any atom is -0.325 e. The molecule has 1 fully saturated rings. The van der Waals surface area contributed by atoms with Crippen molar-refractivity contribution in [3.05, 3.63) is 51.9 Å². The van der Waals surface area contributed by atoms with Crippen LogP contribution in [0.25, 0.3) is 11.0 Å². The molecule has 0 radical (unpaired) electrons. The topological polar surface area (TPSA) is 113 Å². The van der Waals surface area contributed by atoms with Crippen molar-refractivity contribution in [1.29, 1.82) is 5.26 Å². The van der Waals surface area contributed by atoms with Gasteiger partial charge in [-0.3, -0.25) is 14.2 Å². The van der Waals surface area contributed by atoms with Gasteiger partial charge in [0.15, 0.2) is 0 Å². The van der Waals surface area contributed by atoms with Gasteiger partial charge in [0.25, 0.3) is 5.56 Å². The number of hydrogen-bond donors (Lipinski definition) is 2. The summed E-state index contributed by atoms with van der Waals surface area (Å²) < 4.78 is 1.66. The fraction of sp³-hybridized carbons (Fsp3) is 0.286. The van der Waals surface area contributed by atoms with Crippen molar-refractivity contribution >= 4 is 34.3 Å². The molecular weight excluding hydrogens is 368 g/mol. The van der Waals surface area contributed by atoms with Crippen molar-refractivity contribution < 1.29 is 4.79 Å². The first-order chi connectivity index (χ1) is 14.1. The first-order valence-electron chi connectivity index (χ1n) is 9.64. The van der Waals surface area contributed by atoms with Crippen LogP contribution in [0.15, 0.2) is 35.3 Å². The number of aromatic nitrogens is 3. The SMILES string of the molecule is N#Cc1cc2cnc(Nc3ccc4c(c3)NC(=O)C4)nc2n(C2CCCC2)c1=O. The van der Waals surface area contributed by atoms with Gasteiger partial charge in [0.05, 0.1) is 6.42 Å². The Labute approximate surface area is 166 Å². The Kier molecular flexibility index (Phi) is 4.02. The van der Waals surface area contributed by atoms with Crippen molar-refractivity contribution in [2.45, 2.75) is 38.1 Å². The maximum absolute atomic E-state index is 12.8. The molecule has 1 amide bonds. The number of amides is 1. The van der Waals surface area contributed by atoms with Crippen molar-refractivity contribution in [3.8, 4) is 6.07 Å². The predicted octanol–water partition coefficient (Wildman–Crippen LogP) is 3.02. The van der Waals surface area contributed by atoms with E-state index in [4.69, 9.17) is 0 Å². The number of nitrogens with one attached hydrogen (secondary N) is 2. The first-order valence-corrected chi connectivity index (χ1v) is 9.64. The summed E-state index contributed by atoms with van der Waals surface area (Å²) in [4.78, 5) is 33.4. The number of nitrogens with zero attached hydrogens (tertiary/aromatic N) is 4. The van der Waals surface area contributed by atoms with Crippen LogP contribution in [0.4, 0.5) is 17.3 Å². The van der Waals surface area contributed by atoms with Crippen molar-refractivity contribution in [2.75, 3.05) is 10.6 Å². The molecule has 1 aliphatic heterocycles. The second-order valence-corrected chi connectivity index (χ2v) is 7.48. The van der Waals surface area contributed by atoms with Crippen LogP contribution >= 0.6 is 0 Å². The zero-order valence-corrected chi connectivity index (χ0v) is 15.6. The second-order valence-electron chi connectivity index (χ2n) is 7.48. The number of carbonyl (C=O) groups excluding carboxylic acids is 1. The zero-order valence-electron chi connectivity index (χ0n) is 15.6. The van der Waals surface area contributed by atoms with Crippen LogP contribution in [0.2, 0.25) is 0 Å². The largest absolute Gasteiger partial charge is 0.325 e. The molecule has 0 saturated heterocycles. The standard InChI is InChI=1S/C21H18N6O2/c22-10-13-7-14-11-23-21(24-15-6-5-12-8-18(28)25-17(12)9-15)26-19(14)27(20(13)29)16-3-1-2-4-16/h5-7,9,11,16H,1-4,8H2,(H,25,28)(H,23,24,26). The van der Waals surface area contributed by atoms with E-state index >= 15 is 0 Å². The molecule has 1 aliphatic carbocycles. The molecule has 1 saturated carbocycles. The van der Waals surface area contributed by atoms with E-state index in [0.29, 0.717) is 23.4 Å². The number of hydrogen-bond acceptors (Lipinski definition) is 6. The van der Waals surface area contributed by atoms with E-state index < -0.39 is 0 Å². The zero-order chi connectivity index (χ0) is 20.0. The van der Waals surface area contributed by atoms with Crippen LogP contribution in [0.3, 0.4) is 0 Å². The molecule has 0 bridgehead atoms. The molecule has 29 heavy (non-hydrogen) atoms. The molecule has 144 valence electrons. The summed E-state index contributed by atoms with van der Waals surface area (Å²) in [7, 11) is 0. The molecule has 0 unspecified atom stereocenters. The highest BCUT2D eigenvalue weighted by Gasteiger charge is 2.23. The monoisotopic (exact) mass is 386 g/mol. The lowest BCUT2D eigenvalue weighted by molar-refractivity contribution is -0.115. The smallest absolute Gasteiger partial charge is 0.270 e. The molecule has 8 heteroatoms. The van der Waals surface area contributed by atoms with Crippen LogP contribution in [-0.4, -0.2) is 20.4 Å². The van der Waals surface area contributed by atoms with E-state index in [-0.39, 0.29) is 23.1 Å². The summed E-state index contributed by atoms with van der Waals surface area (Å²) in [5, 5.41) is 16.0. The van der Waals surface area contributed by atoms with E-state index in [9.17, 15) is 14.9 Å². The van der Waals surface area contributed by atoms with Gasteiger partial charge in [-0.05, 0) is 36.6 Å². The Morgan fingerprint density at radius 1 is 1.21 bits per heavy atom. The number of pyridine rings is 1. The highest BCUT2D eigenvalue weighted by atomic mass is 16.2. The number of carbonyl (C=O) groups is 1. The first kappa shape index (κ1) is 17.4. The van der Waals surface area contributed by atoms with Crippen LogP contribution in [-0.2, 0) is 11.2 Å². The van der Waals surface area contributed by atoms with Gasteiger partial charge in [-0.1, -0.05) is 18.9 Å². The average molecular weight is 386 g/mol. The van der Waals surface area contributed by atoms with E-state index in [1.54, 1.807) is 16.8 Å². The van der Waals surface area contributed by atoms with Gasteiger partial charge in [0.2, 0.25) is 11.9 Å². The molecule has 3 aromatic rings. The third kappa shape index (κ3) is 3.01. The molecule has 2 aliphatic rings. The van der Waals surface area contributed by atoms with Gasteiger partial charge in [0.1, 0.15) is 17.3 Å². The Morgan fingerprint density at radius 2 is 2.03 bits per heavy atom. The van der Waals surface area contributed by atoms with Gasteiger partial charge in [0, 0.05) is 29.0 Å². The highest BCUT2D eigenvalue weighted by molar-refractivity contribution is 5.99. The fourth-order valence-electron chi connectivity index (χ4n) is 4.18. The molecule has 0 atom stereocenters. The van der Waals surface area contributed by atoms with Crippen molar-refractivity contribution in [1.82, 2.24) is 14.5 Å². The quantitative estimate of drug-likeness (QED) is 0.715. The summed E-state index contributed by atoms with van der Waals surface area (Å²) >= 11 is 0. The van der Waals surface area contributed by atoms with E-state index in [0.717, 1.165) is 42.6 Å². The number of anilines is 3. The molecule has 5 rings (SSSR count). The van der Waals surface area contributed by atoms with Crippen LogP contribution in [0.1, 0.15) is 42.9 Å². The lowest BCUT2D eigenvalue weighted by Crippen LogP contribution is -2.26. The summed E-state index contributed by atoms with van der Waals surface area (Å²) in [6.45, 7) is 0. The summed E-state index contributed by atoms with van der Waals surface area (Å²) in [5.41, 5.74) is 2.84. The molecule has 2 N–H and O–H groups in total. The van der Waals surface area contributed by atoms with E-state index in [1.807, 2.05) is 24.3 Å². The molecule has 8 nitrogen and oxygen atoms in total. The van der Waals surface area contributed by atoms with Gasteiger partial charge in [-0.15, -0.1) is 0 Å². The summed E-state index contributed by atoms with van der Waals surface area (Å²) in [6, 6.07) is 9.21. The Morgan fingerprint density at radius 3 is 2.83 bits per heavy atom. The molecular formula is C21H18N6O2. The minimum atomic E-state index is -0.295. The maximum Gasteiger partial charge on any atom is 0.270 e. The Bertz CT molecular complexity index is 1250. The number of fused-ring (bicyclic) bond motifs is 2. The Hall–Kier alpha value is -3.73. The van der Waals surface area contributed by atoms with E-state index in [1.165, 1.54) is 0 Å². The molecule has 0 spiro atoms. The Balaban J connectivity index is 1.57. The van der Waals surface area contributed by atoms with Crippen LogP contribution < -0.4 is 16.2 Å². The summed E-state index contributed by atoms with van der Waals surface area (Å²) in [6.07, 6.45) is 5.95. The average Bonchev–Trinajstić information content (AvgIpc) is 3.36. The van der Waals surface area contributed by atoms with E-state index in [2.05, 4.69) is 20.6 Å². The van der Waals surface area contributed by atoms with Gasteiger partial charge in [-0.2, -0.15) is 10.2 Å². The predicted molar refractivity (Wildman–Crippen MR) is 108 cm³/mol. The number of benzene rings is 1. The number of rotatable bonds is 3. The van der Waals surface area contributed by atoms with Crippen LogP contribution in [0, 0.1) is 11.3 Å². The maximum atomic E-state index is 12.8. The van der Waals surface area contributed by atoms with Gasteiger partial charge in [-0.25, -0.2) is 4.98 Å². The fourth-order valence-corrected chi connectivity index (χ4v) is 4.18. The third-order valence-electron chi connectivity index (χ3n) is 5.57. The minimum absolute atomic E-state index is 0.0204. The third-order valence-corrected chi connectivity index (χ3v) is 5.57. The summed E-state index contributed by atoms with van der Waals surface area (Å²) in [5.74, 6) is 0.339. The highest BCUT2D eigenvalue weighted by Crippen LogP contribution is 2.31. The second kappa shape index (κ2) is 6.71. The van der Waals surface area contributed by atoms with Crippen LogP contribution in [0.5, 0.6) is 0 Å². The van der Waals surface area contributed by atoms with Crippen molar-refractivity contribution in [2.24, 2.45) is 0 Å². The van der Waals surface area contributed by atoms with Gasteiger partial charge >= 0.3 is 0 Å². The molecule has 1 aromatic carbocycles. The number of nitriles is 1. The molecule has 2 aromatic heterocycles. The normalized spacial score (nSPS) is 15.9. The lowest BCUT2D eigenvalue weighted by atomic mass is 10.1. The van der Waals surface area contributed by atoms with Crippen molar-refractivity contribution in [3.63, 3.8) is 0 Å². The molecule has 3 heterocycles. The van der Waals surface area contributed by atoms with Gasteiger partial charge < -0.3 is 10.6 Å².